The van der Waals surface area contributed by atoms with Gasteiger partial charge in [0.05, 0.1) is 25.6 Å². The maximum Gasteiger partial charge on any atom is 0.425 e. The van der Waals surface area contributed by atoms with Gasteiger partial charge in [-0.2, -0.15) is 4.98 Å². The average molecular weight is 514 g/mol. The summed E-state index contributed by atoms with van der Waals surface area (Å²) >= 11 is 0. The Kier molecular flexibility index (Phi) is 7.96. The fourth-order valence-electron chi connectivity index (χ4n) is 4.02. The van der Waals surface area contributed by atoms with Crippen molar-refractivity contribution in [2.45, 2.75) is 13.8 Å². The number of ether oxygens (including phenoxy) is 3. The third-order valence-corrected chi connectivity index (χ3v) is 5.91. The minimum atomic E-state index is -0.648. The van der Waals surface area contributed by atoms with E-state index < -0.39 is 6.09 Å². The van der Waals surface area contributed by atoms with Crippen LogP contribution in [0.5, 0.6) is 17.4 Å². The van der Waals surface area contributed by atoms with Crippen LogP contribution in [-0.2, 0) is 0 Å². The number of para-hydroxylation sites is 1. The minimum Gasteiger partial charge on any atom is -0.497 e. The van der Waals surface area contributed by atoms with E-state index in [-0.39, 0.29) is 5.88 Å². The number of hydrogen-bond donors (Lipinski definition) is 1. The van der Waals surface area contributed by atoms with Gasteiger partial charge in [0.25, 0.3) is 0 Å². The summed E-state index contributed by atoms with van der Waals surface area (Å²) in [6.45, 7) is 3.88. The number of aromatic nitrogens is 2. The van der Waals surface area contributed by atoms with E-state index in [0.29, 0.717) is 28.8 Å². The van der Waals surface area contributed by atoms with Crippen molar-refractivity contribution in [1.82, 2.24) is 9.97 Å². The summed E-state index contributed by atoms with van der Waals surface area (Å²) in [5, 5.41) is 3.17. The number of aryl methyl sites for hydroxylation is 2. The molecule has 196 valence electrons. The predicted octanol–water partition coefficient (Wildman–Crippen LogP) is 6.26. The number of benzene rings is 3. The molecule has 0 spiro atoms. The number of nitrogens with one attached hydrogen (secondary N) is 1. The van der Waals surface area contributed by atoms with Gasteiger partial charge in [0.1, 0.15) is 11.5 Å². The molecular weight excluding hydrogens is 482 g/mol. The molecule has 9 nitrogen and oxygen atoms in total. The zero-order valence-electron chi connectivity index (χ0n) is 22.4. The lowest BCUT2D eigenvalue weighted by Gasteiger charge is -2.27. The molecule has 0 saturated heterocycles. The van der Waals surface area contributed by atoms with Crippen molar-refractivity contribution in [3.63, 3.8) is 0 Å². The molecule has 0 aliphatic carbocycles. The molecule has 1 amide bonds. The summed E-state index contributed by atoms with van der Waals surface area (Å²) in [5.41, 5.74) is 4.81. The first-order valence-corrected chi connectivity index (χ1v) is 12.0. The number of carbonyl (C=O) groups is 1. The van der Waals surface area contributed by atoms with Crippen LogP contribution in [0.4, 0.5) is 33.5 Å². The first-order valence-electron chi connectivity index (χ1n) is 12.0. The molecule has 1 N–H and O–H groups in total. The second kappa shape index (κ2) is 11.5. The highest BCUT2D eigenvalue weighted by Gasteiger charge is 2.27. The van der Waals surface area contributed by atoms with E-state index in [1.807, 2.05) is 75.3 Å². The number of carbonyl (C=O) groups excluding carboxylic acids is 1. The molecule has 4 rings (SSSR count). The summed E-state index contributed by atoms with van der Waals surface area (Å²) in [6.07, 6.45) is 0.885. The zero-order chi connectivity index (χ0) is 27.2. The average Bonchev–Trinajstić information content (AvgIpc) is 2.91. The van der Waals surface area contributed by atoms with Crippen LogP contribution in [0, 0.1) is 13.8 Å². The number of anilines is 5. The largest absolute Gasteiger partial charge is 0.497 e. The van der Waals surface area contributed by atoms with Crippen LogP contribution in [0.25, 0.3) is 0 Å². The highest BCUT2D eigenvalue weighted by molar-refractivity contribution is 6.00. The van der Waals surface area contributed by atoms with Crippen LogP contribution in [0.2, 0.25) is 0 Å². The van der Waals surface area contributed by atoms with Crippen molar-refractivity contribution in [3.05, 3.63) is 84.1 Å². The molecule has 38 heavy (non-hydrogen) atoms. The van der Waals surface area contributed by atoms with Gasteiger partial charge in [-0.15, -0.1) is 0 Å². The van der Waals surface area contributed by atoms with E-state index in [2.05, 4.69) is 15.3 Å². The van der Waals surface area contributed by atoms with E-state index in [9.17, 15) is 4.79 Å². The van der Waals surface area contributed by atoms with Crippen LogP contribution in [-0.4, -0.2) is 44.4 Å². The van der Waals surface area contributed by atoms with E-state index >= 15 is 0 Å². The summed E-state index contributed by atoms with van der Waals surface area (Å²) in [7, 11) is 7.05. The van der Waals surface area contributed by atoms with E-state index in [0.717, 1.165) is 22.5 Å². The van der Waals surface area contributed by atoms with Crippen LogP contribution in [0.15, 0.2) is 72.9 Å². The van der Waals surface area contributed by atoms with Crippen molar-refractivity contribution in [2.24, 2.45) is 0 Å². The Morgan fingerprint density at radius 2 is 1.63 bits per heavy atom. The van der Waals surface area contributed by atoms with Gasteiger partial charge in [-0.1, -0.05) is 24.3 Å². The van der Waals surface area contributed by atoms with Gasteiger partial charge < -0.3 is 24.4 Å². The third-order valence-electron chi connectivity index (χ3n) is 5.91. The lowest BCUT2D eigenvalue weighted by Crippen LogP contribution is -2.31. The molecule has 0 fully saturated rings. The van der Waals surface area contributed by atoms with Crippen molar-refractivity contribution >= 4 is 34.8 Å². The Hall–Kier alpha value is -4.79. The molecule has 0 unspecified atom stereocenters. The lowest BCUT2D eigenvalue weighted by molar-refractivity contribution is 0.208. The molecule has 0 saturated carbocycles. The van der Waals surface area contributed by atoms with Crippen molar-refractivity contribution in [1.29, 1.82) is 0 Å². The smallest absolute Gasteiger partial charge is 0.425 e. The Labute approximate surface area is 222 Å². The summed E-state index contributed by atoms with van der Waals surface area (Å²) in [4.78, 5) is 25.9. The van der Waals surface area contributed by atoms with Crippen LogP contribution in [0.1, 0.15) is 11.1 Å². The monoisotopic (exact) mass is 513 g/mol. The van der Waals surface area contributed by atoms with E-state index in [4.69, 9.17) is 14.2 Å². The van der Waals surface area contributed by atoms with Crippen LogP contribution >= 0.6 is 0 Å². The van der Waals surface area contributed by atoms with Crippen molar-refractivity contribution in [2.75, 3.05) is 43.4 Å². The molecule has 0 aliphatic heterocycles. The molecule has 0 radical (unpaired) electrons. The molecule has 0 atom stereocenters. The Balaban J connectivity index is 1.68. The van der Waals surface area contributed by atoms with Crippen molar-refractivity contribution < 1.29 is 19.0 Å². The van der Waals surface area contributed by atoms with Gasteiger partial charge in [0.15, 0.2) is 0 Å². The first-order chi connectivity index (χ1) is 18.3. The fourth-order valence-corrected chi connectivity index (χ4v) is 4.02. The molecule has 1 heterocycles. The predicted molar refractivity (Wildman–Crippen MR) is 150 cm³/mol. The van der Waals surface area contributed by atoms with E-state index in [1.54, 1.807) is 32.4 Å². The van der Waals surface area contributed by atoms with Crippen LogP contribution in [0.3, 0.4) is 0 Å². The number of methoxy groups -OCH3 is 2. The van der Waals surface area contributed by atoms with Gasteiger partial charge in [0.2, 0.25) is 11.8 Å². The number of rotatable bonds is 8. The highest BCUT2D eigenvalue weighted by Crippen LogP contribution is 2.39. The fraction of sp³-hybridized carbons (Fsp3) is 0.207. The first kappa shape index (κ1) is 26.3. The Morgan fingerprint density at radius 3 is 2.32 bits per heavy atom. The van der Waals surface area contributed by atoms with Gasteiger partial charge in [0, 0.05) is 43.8 Å². The molecule has 0 aliphatic rings. The maximum atomic E-state index is 13.8. The van der Waals surface area contributed by atoms with Crippen LogP contribution < -0.4 is 29.3 Å². The number of amides is 1. The second-order valence-corrected chi connectivity index (χ2v) is 8.77. The Bertz CT molecular complexity index is 1420. The topological polar surface area (TPSA) is 89.0 Å². The molecule has 3 aromatic carbocycles. The highest BCUT2D eigenvalue weighted by atomic mass is 16.6. The molecule has 4 aromatic rings. The van der Waals surface area contributed by atoms with E-state index in [1.165, 1.54) is 17.2 Å². The molecular formula is C29H31N5O4. The van der Waals surface area contributed by atoms with Gasteiger partial charge in [-0.25, -0.2) is 14.7 Å². The van der Waals surface area contributed by atoms with Gasteiger partial charge in [-0.05, 0) is 55.3 Å². The number of hydrogen-bond acceptors (Lipinski definition) is 8. The SMILES string of the molecule is COc1ccc(N(C(=O)Oc2ccnc(Nc3cccc(N(C)C)c3)n2)c2c(C)cccc2C)c(OC)c1. The lowest BCUT2D eigenvalue weighted by atomic mass is 10.1. The van der Waals surface area contributed by atoms with Gasteiger partial charge in [-0.3, -0.25) is 0 Å². The molecule has 0 bridgehead atoms. The summed E-state index contributed by atoms with van der Waals surface area (Å²) in [5.74, 6) is 1.45. The number of nitrogens with zero attached hydrogens (tertiary/aromatic N) is 4. The second-order valence-electron chi connectivity index (χ2n) is 8.77. The van der Waals surface area contributed by atoms with Crippen molar-refractivity contribution in [3.8, 4) is 17.4 Å². The summed E-state index contributed by atoms with van der Waals surface area (Å²) < 4.78 is 16.7. The zero-order valence-corrected chi connectivity index (χ0v) is 22.4. The normalized spacial score (nSPS) is 10.5. The minimum absolute atomic E-state index is 0.0972. The standard InChI is InChI=1S/C29H31N5O4/c1-19-9-7-10-20(2)27(19)34(24-14-13-23(36-5)18-25(24)37-6)29(35)38-26-15-16-30-28(32-26)31-21-11-8-12-22(17-21)33(3)4/h7-18H,1-6H3,(H,30,31,32). The summed E-state index contributed by atoms with van der Waals surface area (Å²) in [6, 6.07) is 20.4. The van der Waals surface area contributed by atoms with Gasteiger partial charge >= 0.3 is 6.09 Å². The quantitative estimate of drug-likeness (QED) is 0.295. The Morgan fingerprint density at radius 1 is 0.895 bits per heavy atom. The molecule has 1 aromatic heterocycles. The third kappa shape index (κ3) is 5.78. The maximum absolute atomic E-state index is 13.8. The molecule has 9 heteroatoms.